The number of nitrogens with zero attached hydrogens (tertiary/aromatic N) is 1. The molecule has 5 heteroatoms. The van der Waals surface area contributed by atoms with E-state index in [4.69, 9.17) is 5.11 Å². The number of aliphatic hydroxyl groups excluding tert-OH is 1. The van der Waals surface area contributed by atoms with Gasteiger partial charge in [-0.05, 0) is 31.0 Å². The third-order valence-electron chi connectivity index (χ3n) is 1.70. The quantitative estimate of drug-likeness (QED) is 0.493. The van der Waals surface area contributed by atoms with E-state index in [2.05, 4.69) is 26.5 Å². The average Bonchev–Trinajstić information content (AvgIpc) is 2.23. The van der Waals surface area contributed by atoms with Gasteiger partial charge in [0.1, 0.15) is 5.82 Å². The van der Waals surface area contributed by atoms with Crippen molar-refractivity contribution in [2.24, 2.45) is 5.10 Å². The van der Waals surface area contributed by atoms with Crippen LogP contribution in [0.15, 0.2) is 27.8 Å². The number of nitrogens with one attached hydrogen (secondary N) is 1. The van der Waals surface area contributed by atoms with E-state index in [0.29, 0.717) is 18.5 Å². The summed E-state index contributed by atoms with van der Waals surface area (Å²) in [5.74, 6) is -0.350. The maximum absolute atomic E-state index is 13.1. The highest BCUT2D eigenvalue weighted by molar-refractivity contribution is 9.10. The maximum Gasteiger partial charge on any atom is 0.148 e. The largest absolute Gasteiger partial charge is 0.396 e. The van der Waals surface area contributed by atoms with Crippen molar-refractivity contribution in [1.82, 2.24) is 0 Å². The van der Waals surface area contributed by atoms with Crippen LogP contribution in [0, 0.1) is 5.82 Å². The zero-order valence-electron chi connectivity index (χ0n) is 8.08. The van der Waals surface area contributed by atoms with E-state index in [0.717, 1.165) is 4.47 Å². The van der Waals surface area contributed by atoms with Crippen molar-refractivity contribution in [2.45, 2.75) is 12.8 Å². The molecule has 0 fully saturated rings. The number of benzene rings is 1. The first-order valence-corrected chi connectivity index (χ1v) is 5.37. The van der Waals surface area contributed by atoms with Crippen molar-refractivity contribution in [1.29, 1.82) is 0 Å². The number of halogens is 2. The van der Waals surface area contributed by atoms with Gasteiger partial charge in [0.15, 0.2) is 0 Å². The molecule has 1 rings (SSSR count). The molecule has 0 atom stereocenters. The van der Waals surface area contributed by atoms with Crippen LogP contribution in [0.4, 0.5) is 10.1 Å². The fourth-order valence-electron chi connectivity index (χ4n) is 0.945. The summed E-state index contributed by atoms with van der Waals surface area (Å²) in [5, 5.41) is 12.3. The number of hydrogen-bond acceptors (Lipinski definition) is 3. The second kappa shape index (κ2) is 6.53. The number of hydrazone groups is 1. The summed E-state index contributed by atoms with van der Waals surface area (Å²) in [4.78, 5) is 0. The van der Waals surface area contributed by atoms with Crippen LogP contribution in [0.5, 0.6) is 0 Å². The molecule has 82 valence electrons. The van der Waals surface area contributed by atoms with E-state index in [1.165, 1.54) is 6.07 Å². The van der Waals surface area contributed by atoms with Gasteiger partial charge in [0.25, 0.3) is 0 Å². The molecule has 0 bridgehead atoms. The summed E-state index contributed by atoms with van der Waals surface area (Å²) in [5.41, 5.74) is 2.92. The molecule has 15 heavy (non-hydrogen) atoms. The summed E-state index contributed by atoms with van der Waals surface area (Å²) >= 11 is 3.24. The Balaban J connectivity index is 2.49. The second-order valence-corrected chi connectivity index (χ2v) is 3.83. The first-order chi connectivity index (χ1) is 7.24. The van der Waals surface area contributed by atoms with Crippen molar-refractivity contribution < 1.29 is 9.50 Å². The monoisotopic (exact) mass is 274 g/mol. The molecule has 1 aromatic rings. The Bertz CT molecular complexity index is 344. The number of anilines is 1. The number of unbranched alkanes of at least 4 members (excludes halogenated alkanes) is 1. The summed E-state index contributed by atoms with van der Waals surface area (Å²) < 4.78 is 13.9. The van der Waals surface area contributed by atoms with Gasteiger partial charge in [-0.2, -0.15) is 5.10 Å². The Morgan fingerprint density at radius 1 is 1.53 bits per heavy atom. The third-order valence-corrected chi connectivity index (χ3v) is 2.19. The number of hydrogen-bond donors (Lipinski definition) is 2. The van der Waals surface area contributed by atoms with Gasteiger partial charge in [-0.1, -0.05) is 15.9 Å². The molecular formula is C10H12BrFN2O. The zero-order valence-corrected chi connectivity index (χ0v) is 9.67. The molecular weight excluding hydrogens is 263 g/mol. The number of aliphatic hydroxyl groups is 1. The lowest BCUT2D eigenvalue weighted by Crippen LogP contribution is -1.93. The molecule has 0 aliphatic rings. The van der Waals surface area contributed by atoms with Crippen molar-refractivity contribution in [3.8, 4) is 0 Å². The predicted molar refractivity (Wildman–Crippen MR) is 62.5 cm³/mol. The summed E-state index contributed by atoms with van der Waals surface area (Å²) in [6, 6.07) is 4.59. The first-order valence-electron chi connectivity index (χ1n) is 4.57. The molecule has 0 unspecified atom stereocenters. The molecule has 0 radical (unpaired) electrons. The zero-order chi connectivity index (χ0) is 11.1. The van der Waals surface area contributed by atoms with Crippen LogP contribution in [0.3, 0.4) is 0 Å². The SMILES string of the molecule is OCCC/C=N/Nc1cc(Br)ccc1F. The fraction of sp³-hybridized carbons (Fsp3) is 0.300. The van der Waals surface area contributed by atoms with Gasteiger partial charge in [0.05, 0.1) is 5.69 Å². The molecule has 0 saturated heterocycles. The molecule has 0 amide bonds. The van der Waals surface area contributed by atoms with Gasteiger partial charge in [0.2, 0.25) is 0 Å². The van der Waals surface area contributed by atoms with E-state index < -0.39 is 0 Å². The molecule has 3 nitrogen and oxygen atoms in total. The van der Waals surface area contributed by atoms with Gasteiger partial charge in [-0.15, -0.1) is 0 Å². The summed E-state index contributed by atoms with van der Waals surface area (Å²) in [7, 11) is 0. The normalized spacial score (nSPS) is 10.9. The highest BCUT2D eigenvalue weighted by Gasteiger charge is 1.99. The van der Waals surface area contributed by atoms with E-state index in [-0.39, 0.29) is 12.4 Å². The Labute approximate surface area is 96.1 Å². The van der Waals surface area contributed by atoms with Crippen LogP contribution in [0.25, 0.3) is 0 Å². The Morgan fingerprint density at radius 2 is 2.33 bits per heavy atom. The molecule has 0 aliphatic heterocycles. The molecule has 0 aromatic heterocycles. The van der Waals surface area contributed by atoms with Crippen LogP contribution in [0.1, 0.15) is 12.8 Å². The van der Waals surface area contributed by atoms with Gasteiger partial charge < -0.3 is 5.11 Å². The van der Waals surface area contributed by atoms with Crippen LogP contribution in [-0.4, -0.2) is 17.9 Å². The lowest BCUT2D eigenvalue weighted by Gasteiger charge is -2.02. The first kappa shape index (κ1) is 12.1. The van der Waals surface area contributed by atoms with Gasteiger partial charge in [-0.25, -0.2) is 4.39 Å². The molecule has 0 saturated carbocycles. The van der Waals surface area contributed by atoms with Crippen molar-refractivity contribution >= 4 is 27.8 Å². The Morgan fingerprint density at radius 3 is 3.07 bits per heavy atom. The molecule has 0 spiro atoms. The fourth-order valence-corrected chi connectivity index (χ4v) is 1.31. The van der Waals surface area contributed by atoms with E-state index in [1.54, 1.807) is 18.3 Å². The maximum atomic E-state index is 13.1. The van der Waals surface area contributed by atoms with Gasteiger partial charge >= 0.3 is 0 Å². The van der Waals surface area contributed by atoms with Gasteiger partial charge in [0, 0.05) is 17.3 Å². The topological polar surface area (TPSA) is 44.6 Å². The Kier molecular flexibility index (Phi) is 5.28. The van der Waals surface area contributed by atoms with Gasteiger partial charge in [-0.3, -0.25) is 5.43 Å². The minimum absolute atomic E-state index is 0.136. The average molecular weight is 275 g/mol. The van der Waals surface area contributed by atoms with Crippen molar-refractivity contribution in [3.05, 3.63) is 28.5 Å². The van der Waals surface area contributed by atoms with E-state index >= 15 is 0 Å². The lowest BCUT2D eigenvalue weighted by molar-refractivity contribution is 0.291. The van der Waals surface area contributed by atoms with E-state index in [9.17, 15) is 4.39 Å². The van der Waals surface area contributed by atoms with Crippen LogP contribution < -0.4 is 5.43 Å². The van der Waals surface area contributed by atoms with Crippen LogP contribution >= 0.6 is 15.9 Å². The van der Waals surface area contributed by atoms with E-state index in [1.807, 2.05) is 0 Å². The lowest BCUT2D eigenvalue weighted by atomic mass is 10.3. The molecule has 2 N–H and O–H groups in total. The van der Waals surface area contributed by atoms with Crippen molar-refractivity contribution in [3.63, 3.8) is 0 Å². The minimum Gasteiger partial charge on any atom is -0.396 e. The third kappa shape index (κ3) is 4.40. The standard InChI is InChI=1S/C10H12BrFN2O/c11-8-3-4-9(12)10(7-8)14-13-5-1-2-6-15/h3-5,7,14-15H,1-2,6H2/b13-5+. The molecule has 1 aromatic carbocycles. The summed E-state index contributed by atoms with van der Waals surface area (Å²) in [6.07, 6.45) is 2.93. The highest BCUT2D eigenvalue weighted by Crippen LogP contribution is 2.19. The number of rotatable bonds is 5. The summed E-state index contributed by atoms with van der Waals surface area (Å²) in [6.45, 7) is 0.136. The van der Waals surface area contributed by atoms with Crippen LogP contribution in [-0.2, 0) is 0 Å². The highest BCUT2D eigenvalue weighted by atomic mass is 79.9. The smallest absolute Gasteiger partial charge is 0.148 e. The molecule has 0 heterocycles. The molecule has 0 aliphatic carbocycles. The van der Waals surface area contributed by atoms with Crippen LogP contribution in [0.2, 0.25) is 0 Å². The van der Waals surface area contributed by atoms with Crippen molar-refractivity contribution in [2.75, 3.05) is 12.0 Å². The Hall–Kier alpha value is -0.940. The minimum atomic E-state index is -0.350. The second-order valence-electron chi connectivity index (χ2n) is 2.91. The predicted octanol–water partition coefficient (Wildman–Crippen LogP) is 2.76.